The fourth-order valence-electron chi connectivity index (χ4n) is 3.38. The number of anilines is 1. The molecule has 1 saturated heterocycles. The number of rotatable bonds is 2. The first kappa shape index (κ1) is 12.8. The highest BCUT2D eigenvalue weighted by Gasteiger charge is 2.40. The van der Waals surface area contributed by atoms with Gasteiger partial charge in [0, 0.05) is 35.6 Å². The lowest BCUT2D eigenvalue weighted by atomic mass is 9.86. The topological polar surface area (TPSA) is 25.4 Å². The van der Waals surface area contributed by atoms with Crippen LogP contribution < -0.4 is 4.90 Å². The number of pyridine rings is 1. The quantitative estimate of drug-likeness (QED) is 0.844. The fourth-order valence-corrected chi connectivity index (χ4v) is 3.38. The van der Waals surface area contributed by atoms with Gasteiger partial charge in [0.2, 0.25) is 0 Å². The van der Waals surface area contributed by atoms with Crippen LogP contribution in [0.1, 0.15) is 19.4 Å². The zero-order chi connectivity index (χ0) is 14.4. The van der Waals surface area contributed by atoms with Crippen molar-refractivity contribution in [3.05, 3.63) is 48.3 Å². The van der Waals surface area contributed by atoms with Gasteiger partial charge in [-0.05, 0) is 23.3 Å². The number of benzene rings is 1. The minimum absolute atomic E-state index is 0.207. The van der Waals surface area contributed by atoms with Gasteiger partial charge in [-0.3, -0.25) is 4.98 Å². The maximum absolute atomic E-state index is 5.39. The van der Waals surface area contributed by atoms with Crippen LogP contribution in [0.25, 0.3) is 11.1 Å². The Kier molecular flexibility index (Phi) is 2.79. The van der Waals surface area contributed by atoms with Crippen molar-refractivity contribution in [3.8, 4) is 11.1 Å². The van der Waals surface area contributed by atoms with Crippen LogP contribution in [0.3, 0.4) is 0 Å². The molecule has 108 valence electrons. The summed E-state index contributed by atoms with van der Waals surface area (Å²) in [7, 11) is 0. The first-order chi connectivity index (χ1) is 10.1. The molecule has 4 rings (SSSR count). The van der Waals surface area contributed by atoms with Crippen molar-refractivity contribution in [1.29, 1.82) is 0 Å². The fraction of sp³-hybridized carbons (Fsp3) is 0.389. The molecule has 0 radical (unpaired) electrons. The molecule has 1 fully saturated rings. The summed E-state index contributed by atoms with van der Waals surface area (Å²) in [4.78, 5) is 6.76. The van der Waals surface area contributed by atoms with Crippen molar-refractivity contribution in [2.75, 3.05) is 24.7 Å². The molecule has 21 heavy (non-hydrogen) atoms. The Morgan fingerprint density at radius 2 is 2.05 bits per heavy atom. The average molecular weight is 280 g/mol. The highest BCUT2D eigenvalue weighted by molar-refractivity contribution is 5.73. The molecule has 0 aliphatic carbocycles. The van der Waals surface area contributed by atoms with Crippen LogP contribution in [0.5, 0.6) is 0 Å². The molecule has 0 unspecified atom stereocenters. The van der Waals surface area contributed by atoms with Crippen LogP contribution in [-0.4, -0.2) is 30.8 Å². The predicted molar refractivity (Wildman–Crippen MR) is 84.7 cm³/mol. The van der Waals surface area contributed by atoms with Gasteiger partial charge in [0.15, 0.2) is 0 Å². The zero-order valence-electron chi connectivity index (χ0n) is 12.5. The number of aromatic nitrogens is 1. The Morgan fingerprint density at radius 1 is 1.19 bits per heavy atom. The minimum Gasteiger partial charge on any atom is -0.377 e. The lowest BCUT2D eigenvalue weighted by Gasteiger charge is -2.37. The van der Waals surface area contributed by atoms with Gasteiger partial charge in [-0.2, -0.15) is 0 Å². The average Bonchev–Trinajstić information content (AvgIpc) is 2.69. The van der Waals surface area contributed by atoms with E-state index in [0.717, 1.165) is 19.8 Å². The molecule has 3 heterocycles. The van der Waals surface area contributed by atoms with E-state index in [2.05, 4.69) is 48.0 Å². The molecule has 2 aliphatic heterocycles. The van der Waals surface area contributed by atoms with E-state index >= 15 is 0 Å². The largest absolute Gasteiger partial charge is 0.377 e. The van der Waals surface area contributed by atoms with E-state index in [1.807, 2.05) is 18.5 Å². The molecule has 0 amide bonds. The number of hydrogen-bond acceptors (Lipinski definition) is 3. The highest BCUT2D eigenvalue weighted by Crippen LogP contribution is 2.44. The highest BCUT2D eigenvalue weighted by atomic mass is 16.5. The summed E-state index contributed by atoms with van der Waals surface area (Å²) in [5.74, 6) is 0. The molecule has 2 aliphatic rings. The summed E-state index contributed by atoms with van der Waals surface area (Å²) in [5, 5.41) is 0. The summed E-state index contributed by atoms with van der Waals surface area (Å²) in [6.45, 7) is 7.44. The Balaban J connectivity index is 1.79. The van der Waals surface area contributed by atoms with E-state index < -0.39 is 0 Å². The van der Waals surface area contributed by atoms with Gasteiger partial charge in [-0.15, -0.1) is 0 Å². The first-order valence-corrected chi connectivity index (χ1v) is 7.54. The van der Waals surface area contributed by atoms with E-state index in [1.54, 1.807) is 0 Å². The Bertz CT molecular complexity index is 662. The van der Waals surface area contributed by atoms with Crippen molar-refractivity contribution in [2.45, 2.75) is 25.3 Å². The zero-order valence-corrected chi connectivity index (χ0v) is 12.5. The smallest absolute Gasteiger partial charge is 0.0757 e. The summed E-state index contributed by atoms with van der Waals surface area (Å²) >= 11 is 0. The van der Waals surface area contributed by atoms with E-state index in [4.69, 9.17) is 4.74 Å². The molecule has 1 aromatic carbocycles. The van der Waals surface area contributed by atoms with Crippen LogP contribution in [0.2, 0.25) is 0 Å². The second-order valence-corrected chi connectivity index (χ2v) is 6.68. The lowest BCUT2D eigenvalue weighted by Crippen LogP contribution is -2.49. The summed E-state index contributed by atoms with van der Waals surface area (Å²) < 4.78 is 5.39. The Labute approximate surface area is 125 Å². The molecule has 0 N–H and O–H groups in total. The molecule has 3 nitrogen and oxygen atoms in total. The third kappa shape index (κ3) is 2.04. The lowest BCUT2D eigenvalue weighted by molar-refractivity contribution is 0.00800. The second kappa shape index (κ2) is 4.57. The van der Waals surface area contributed by atoms with E-state index in [0.29, 0.717) is 6.04 Å². The van der Waals surface area contributed by atoms with Crippen LogP contribution in [0.15, 0.2) is 42.7 Å². The maximum atomic E-state index is 5.39. The van der Waals surface area contributed by atoms with Crippen LogP contribution in [0, 0.1) is 0 Å². The predicted octanol–water partition coefficient (Wildman–Crippen LogP) is 3.25. The minimum atomic E-state index is 0.207. The normalized spacial score (nSPS) is 20.2. The number of ether oxygens (including phenoxy) is 1. The van der Waals surface area contributed by atoms with Crippen LogP contribution in [-0.2, 0) is 10.2 Å². The van der Waals surface area contributed by atoms with Crippen molar-refractivity contribution in [2.24, 2.45) is 0 Å². The van der Waals surface area contributed by atoms with Gasteiger partial charge >= 0.3 is 0 Å². The van der Waals surface area contributed by atoms with Gasteiger partial charge in [-0.25, -0.2) is 0 Å². The standard InChI is InChI=1S/C18H20N2O/c1-18(2)12-20(15-10-21-11-15)17-8-13(5-6-16(17)18)14-4-3-7-19-9-14/h3-9,15H,10-12H2,1-2H3. The molecule has 0 atom stereocenters. The van der Waals surface area contributed by atoms with Crippen molar-refractivity contribution < 1.29 is 4.74 Å². The molecule has 2 aromatic rings. The second-order valence-electron chi connectivity index (χ2n) is 6.68. The molecular weight excluding hydrogens is 260 g/mol. The van der Waals surface area contributed by atoms with Gasteiger partial charge < -0.3 is 9.64 Å². The van der Waals surface area contributed by atoms with E-state index in [9.17, 15) is 0 Å². The summed E-state index contributed by atoms with van der Waals surface area (Å²) in [5.41, 5.74) is 5.44. The summed E-state index contributed by atoms with van der Waals surface area (Å²) in [6, 6.07) is 11.5. The molecule has 0 bridgehead atoms. The third-order valence-electron chi connectivity index (χ3n) is 4.66. The molecule has 0 spiro atoms. The number of hydrogen-bond donors (Lipinski definition) is 0. The van der Waals surface area contributed by atoms with Gasteiger partial charge in [0.1, 0.15) is 0 Å². The molecular formula is C18H20N2O. The molecule has 1 aromatic heterocycles. The molecule has 0 saturated carbocycles. The first-order valence-electron chi connectivity index (χ1n) is 7.54. The van der Waals surface area contributed by atoms with Gasteiger partial charge in [-0.1, -0.05) is 32.0 Å². The Morgan fingerprint density at radius 3 is 2.71 bits per heavy atom. The summed E-state index contributed by atoms with van der Waals surface area (Å²) in [6.07, 6.45) is 3.75. The van der Waals surface area contributed by atoms with Crippen molar-refractivity contribution >= 4 is 5.69 Å². The van der Waals surface area contributed by atoms with E-state index in [-0.39, 0.29) is 5.41 Å². The number of nitrogens with zero attached hydrogens (tertiary/aromatic N) is 2. The van der Waals surface area contributed by atoms with Crippen LogP contribution >= 0.6 is 0 Å². The van der Waals surface area contributed by atoms with E-state index in [1.165, 1.54) is 22.4 Å². The van der Waals surface area contributed by atoms with Crippen molar-refractivity contribution in [3.63, 3.8) is 0 Å². The number of fused-ring (bicyclic) bond motifs is 1. The van der Waals surface area contributed by atoms with Crippen LogP contribution in [0.4, 0.5) is 5.69 Å². The monoisotopic (exact) mass is 280 g/mol. The van der Waals surface area contributed by atoms with Gasteiger partial charge in [0.05, 0.1) is 19.3 Å². The molecule has 3 heteroatoms. The Hall–Kier alpha value is -1.87. The maximum Gasteiger partial charge on any atom is 0.0757 e. The van der Waals surface area contributed by atoms with Crippen molar-refractivity contribution in [1.82, 2.24) is 4.98 Å². The van der Waals surface area contributed by atoms with Gasteiger partial charge in [0.25, 0.3) is 0 Å². The SMILES string of the molecule is CC1(C)CN(C2COC2)c2cc(-c3cccnc3)ccc21. The third-order valence-corrected chi connectivity index (χ3v) is 4.66.